The normalized spacial score (nSPS) is 17.0. The van der Waals surface area contributed by atoms with Crippen LogP contribution in [0, 0.1) is 0 Å². The average molecular weight is 277 g/mol. The summed E-state index contributed by atoms with van der Waals surface area (Å²) < 4.78 is 5.90. The maximum Gasteiger partial charge on any atom is 0.216 e. The average Bonchev–Trinajstić information content (AvgIpc) is 3.05. The summed E-state index contributed by atoms with van der Waals surface area (Å²) in [5.74, 6) is 0.659. The fraction of sp³-hybridized carbons (Fsp3) is 0.111. The van der Waals surface area contributed by atoms with Crippen LogP contribution < -0.4 is 0 Å². The first-order valence-electron chi connectivity index (χ1n) is 6.79. The molecule has 0 unspecified atom stereocenters. The Hall–Kier alpha value is -2.68. The summed E-state index contributed by atoms with van der Waals surface area (Å²) in [4.78, 5) is 15.1. The first-order valence-corrected chi connectivity index (χ1v) is 6.79. The molecule has 3 heteroatoms. The number of benzene rings is 2. The summed E-state index contributed by atoms with van der Waals surface area (Å²) in [6.45, 7) is 4.67. The van der Waals surface area contributed by atoms with E-state index in [4.69, 9.17) is 4.74 Å². The summed E-state index contributed by atoms with van der Waals surface area (Å²) in [7, 11) is 0. The van der Waals surface area contributed by atoms with Crippen molar-refractivity contribution in [3.05, 3.63) is 77.9 Å². The number of carbonyl (C=O) groups excluding carboxylic acids is 1. The first-order chi connectivity index (χ1) is 10.3. The highest BCUT2D eigenvalue weighted by molar-refractivity contribution is 5.96. The molecule has 0 saturated heterocycles. The fourth-order valence-corrected chi connectivity index (χ4v) is 2.26. The topological polar surface area (TPSA) is 38.7 Å². The van der Waals surface area contributed by atoms with E-state index in [1.807, 2.05) is 42.5 Å². The van der Waals surface area contributed by atoms with E-state index in [-0.39, 0.29) is 6.10 Å². The highest BCUT2D eigenvalue weighted by Crippen LogP contribution is 2.24. The molecule has 1 heterocycles. The molecule has 3 rings (SSSR count). The molecule has 0 aromatic heterocycles. The van der Waals surface area contributed by atoms with E-state index in [1.165, 1.54) is 0 Å². The minimum atomic E-state index is -0.151. The number of hydrogen-bond acceptors (Lipinski definition) is 3. The van der Waals surface area contributed by atoms with Crippen LogP contribution in [-0.4, -0.2) is 24.8 Å². The lowest BCUT2D eigenvalue weighted by Crippen LogP contribution is -2.15. The standard InChI is InChI=1S/C18H15NO2/c1-13(15-9-7-14(12-20)8-10-15)17-11-19-18(21-17)16-5-3-2-4-6-16/h2-10,12,17H,1,11H2/t17-/m1/s1. The van der Waals surface area contributed by atoms with Crippen LogP contribution in [0.5, 0.6) is 0 Å². The van der Waals surface area contributed by atoms with Crippen molar-refractivity contribution in [3.8, 4) is 0 Å². The summed E-state index contributed by atoms with van der Waals surface area (Å²) in [5.41, 5.74) is 3.47. The number of nitrogens with zero attached hydrogens (tertiary/aromatic N) is 1. The van der Waals surface area contributed by atoms with Crippen LogP contribution in [-0.2, 0) is 4.74 Å². The summed E-state index contributed by atoms with van der Waals surface area (Å²) in [6.07, 6.45) is 0.678. The molecule has 2 aromatic carbocycles. The quantitative estimate of drug-likeness (QED) is 0.804. The lowest BCUT2D eigenvalue weighted by atomic mass is 10.0. The van der Waals surface area contributed by atoms with Gasteiger partial charge < -0.3 is 4.74 Å². The molecule has 0 radical (unpaired) electrons. The Morgan fingerprint density at radius 2 is 1.86 bits per heavy atom. The maximum atomic E-state index is 10.7. The van der Waals surface area contributed by atoms with Crippen LogP contribution >= 0.6 is 0 Å². The van der Waals surface area contributed by atoms with Gasteiger partial charge >= 0.3 is 0 Å². The Bertz CT molecular complexity index is 687. The smallest absolute Gasteiger partial charge is 0.216 e. The Balaban J connectivity index is 1.72. The number of aliphatic imine (C=N–C) groups is 1. The predicted octanol–water partition coefficient (Wildman–Crippen LogP) is 3.36. The molecule has 1 aliphatic rings. The largest absolute Gasteiger partial charge is 0.467 e. The summed E-state index contributed by atoms with van der Waals surface area (Å²) in [5, 5.41) is 0. The van der Waals surface area contributed by atoms with Gasteiger partial charge in [-0.1, -0.05) is 49.0 Å². The Labute approximate surface area is 123 Å². The van der Waals surface area contributed by atoms with E-state index in [0.29, 0.717) is 18.0 Å². The van der Waals surface area contributed by atoms with Crippen LogP contribution in [0.1, 0.15) is 21.5 Å². The van der Waals surface area contributed by atoms with E-state index < -0.39 is 0 Å². The van der Waals surface area contributed by atoms with Gasteiger partial charge in [-0.3, -0.25) is 4.79 Å². The van der Waals surface area contributed by atoms with Gasteiger partial charge in [0.05, 0.1) is 6.54 Å². The molecule has 104 valence electrons. The Morgan fingerprint density at radius 3 is 2.52 bits per heavy atom. The minimum Gasteiger partial charge on any atom is -0.467 e. The van der Waals surface area contributed by atoms with Gasteiger partial charge in [0, 0.05) is 11.1 Å². The SMILES string of the molecule is C=C(c1ccc(C=O)cc1)[C@H]1CN=C(c2ccccc2)O1. The van der Waals surface area contributed by atoms with Crippen molar-refractivity contribution in [2.75, 3.05) is 6.54 Å². The summed E-state index contributed by atoms with van der Waals surface area (Å²) in [6, 6.07) is 17.2. The van der Waals surface area contributed by atoms with E-state index in [1.54, 1.807) is 12.1 Å². The number of rotatable bonds is 4. The van der Waals surface area contributed by atoms with Gasteiger partial charge in [0.1, 0.15) is 12.4 Å². The minimum absolute atomic E-state index is 0.151. The van der Waals surface area contributed by atoms with Crippen molar-refractivity contribution >= 4 is 17.8 Å². The Kier molecular flexibility index (Phi) is 3.65. The van der Waals surface area contributed by atoms with Gasteiger partial charge in [-0.15, -0.1) is 0 Å². The second-order valence-corrected chi connectivity index (χ2v) is 4.88. The zero-order valence-electron chi connectivity index (χ0n) is 11.5. The molecule has 0 aliphatic carbocycles. The van der Waals surface area contributed by atoms with Crippen LogP contribution in [0.15, 0.2) is 66.2 Å². The van der Waals surface area contributed by atoms with Gasteiger partial charge in [0.15, 0.2) is 0 Å². The molecule has 3 nitrogen and oxygen atoms in total. The molecule has 1 aliphatic heterocycles. The molecule has 1 atom stereocenters. The second-order valence-electron chi connectivity index (χ2n) is 4.88. The number of ether oxygens (including phenoxy) is 1. The Morgan fingerprint density at radius 1 is 1.14 bits per heavy atom. The predicted molar refractivity (Wildman–Crippen MR) is 83.6 cm³/mol. The molecule has 0 amide bonds. The molecule has 0 fully saturated rings. The highest BCUT2D eigenvalue weighted by Gasteiger charge is 2.24. The van der Waals surface area contributed by atoms with Crippen LogP contribution in [0.2, 0.25) is 0 Å². The third-order valence-electron chi connectivity index (χ3n) is 3.48. The van der Waals surface area contributed by atoms with Crippen molar-refractivity contribution in [2.24, 2.45) is 4.99 Å². The van der Waals surface area contributed by atoms with Gasteiger partial charge in [-0.2, -0.15) is 0 Å². The molecular weight excluding hydrogens is 262 g/mol. The molecule has 21 heavy (non-hydrogen) atoms. The molecule has 0 spiro atoms. The van der Waals surface area contributed by atoms with E-state index in [2.05, 4.69) is 11.6 Å². The lowest BCUT2D eigenvalue weighted by Gasteiger charge is -2.14. The van der Waals surface area contributed by atoms with Crippen molar-refractivity contribution in [3.63, 3.8) is 0 Å². The van der Waals surface area contributed by atoms with Crippen LogP contribution in [0.3, 0.4) is 0 Å². The third kappa shape index (κ3) is 2.77. The monoisotopic (exact) mass is 277 g/mol. The maximum absolute atomic E-state index is 10.7. The van der Waals surface area contributed by atoms with Crippen molar-refractivity contribution in [1.29, 1.82) is 0 Å². The zero-order chi connectivity index (χ0) is 14.7. The third-order valence-corrected chi connectivity index (χ3v) is 3.48. The molecule has 0 saturated carbocycles. The van der Waals surface area contributed by atoms with Gasteiger partial charge in [0.25, 0.3) is 0 Å². The van der Waals surface area contributed by atoms with E-state index in [0.717, 1.165) is 23.0 Å². The van der Waals surface area contributed by atoms with Gasteiger partial charge in [-0.25, -0.2) is 4.99 Å². The molecular formula is C18H15NO2. The van der Waals surface area contributed by atoms with Crippen LogP contribution in [0.4, 0.5) is 0 Å². The molecule has 2 aromatic rings. The van der Waals surface area contributed by atoms with E-state index in [9.17, 15) is 4.79 Å². The van der Waals surface area contributed by atoms with Gasteiger partial charge in [-0.05, 0) is 23.3 Å². The number of hydrogen-bond donors (Lipinski definition) is 0. The van der Waals surface area contributed by atoms with Crippen molar-refractivity contribution in [1.82, 2.24) is 0 Å². The van der Waals surface area contributed by atoms with Crippen molar-refractivity contribution in [2.45, 2.75) is 6.10 Å². The van der Waals surface area contributed by atoms with E-state index >= 15 is 0 Å². The zero-order valence-corrected chi connectivity index (χ0v) is 11.5. The van der Waals surface area contributed by atoms with Crippen LogP contribution in [0.25, 0.3) is 5.57 Å². The number of carbonyl (C=O) groups is 1. The van der Waals surface area contributed by atoms with Crippen molar-refractivity contribution < 1.29 is 9.53 Å². The second kappa shape index (κ2) is 5.75. The van der Waals surface area contributed by atoms with Gasteiger partial charge in [0.2, 0.25) is 5.90 Å². The highest BCUT2D eigenvalue weighted by atomic mass is 16.5. The molecule has 0 bridgehead atoms. The first kappa shape index (κ1) is 13.3. The molecule has 0 N–H and O–H groups in total. The number of aldehydes is 1. The summed E-state index contributed by atoms with van der Waals surface area (Å²) >= 11 is 0. The fourth-order valence-electron chi connectivity index (χ4n) is 2.26. The lowest BCUT2D eigenvalue weighted by molar-refractivity contribution is 0.112.